The largest absolute Gasteiger partial charge is 0.402 e. The summed E-state index contributed by atoms with van der Waals surface area (Å²) in [6, 6.07) is -0.663. The van der Waals surface area contributed by atoms with Crippen LogP contribution in [0.25, 0.3) is 0 Å². The monoisotopic (exact) mass is 136 g/mol. The summed E-state index contributed by atoms with van der Waals surface area (Å²) in [5.41, 5.74) is 0. The van der Waals surface area contributed by atoms with Crippen LogP contribution in [0.15, 0.2) is 12.2 Å². The van der Waals surface area contributed by atoms with Gasteiger partial charge in [0.1, 0.15) is 7.85 Å². The molecule has 0 aliphatic heterocycles. The van der Waals surface area contributed by atoms with Crippen LogP contribution in [0, 0.1) is 11.8 Å². The van der Waals surface area contributed by atoms with Gasteiger partial charge in [-0.1, -0.05) is 19.1 Å². The van der Waals surface area contributed by atoms with Gasteiger partial charge >= 0.3 is 0 Å². The van der Waals surface area contributed by atoms with Gasteiger partial charge in [0.2, 0.25) is 0 Å². The van der Waals surface area contributed by atoms with Crippen LogP contribution in [0.5, 0.6) is 0 Å². The van der Waals surface area contributed by atoms with E-state index in [2.05, 4.69) is 13.0 Å². The molecule has 1 nitrogen and oxygen atoms in total. The zero-order chi connectivity index (χ0) is 7.56. The van der Waals surface area contributed by atoms with Crippen LogP contribution in [-0.4, -0.2) is 19.0 Å². The summed E-state index contributed by atoms with van der Waals surface area (Å²) in [5.74, 6) is 0.853. The Morgan fingerprint density at radius 1 is 1.50 bits per heavy atom. The fourth-order valence-electron chi connectivity index (χ4n) is 1.26. The van der Waals surface area contributed by atoms with E-state index in [4.69, 9.17) is 13.0 Å². The Morgan fingerprint density at radius 2 is 2.20 bits per heavy atom. The highest BCUT2D eigenvalue weighted by Gasteiger charge is 2.15. The normalized spacial score (nSPS) is 35.8. The van der Waals surface area contributed by atoms with Crippen LogP contribution < -0.4 is 0 Å². The van der Waals surface area contributed by atoms with E-state index in [1.54, 1.807) is 0 Å². The van der Waals surface area contributed by atoms with Gasteiger partial charge in [0.25, 0.3) is 0 Å². The molecular formula is C8H13BO. The predicted molar refractivity (Wildman–Crippen MR) is 42.8 cm³/mol. The van der Waals surface area contributed by atoms with Crippen molar-refractivity contribution in [1.82, 2.24) is 0 Å². The molecule has 0 bridgehead atoms. The molecule has 1 rings (SSSR count). The fourth-order valence-corrected chi connectivity index (χ4v) is 1.26. The number of hydrogen-bond donors (Lipinski definition) is 1. The lowest BCUT2D eigenvalue weighted by atomic mass is 9.79. The first-order valence-electron chi connectivity index (χ1n) is 3.82. The molecule has 3 atom stereocenters. The third kappa shape index (κ3) is 1.88. The zero-order valence-electron chi connectivity index (χ0n) is 6.33. The molecule has 0 saturated carbocycles. The molecule has 54 valence electrons. The molecule has 1 aliphatic carbocycles. The lowest BCUT2D eigenvalue weighted by Crippen LogP contribution is -2.21. The van der Waals surface area contributed by atoms with Gasteiger partial charge in [-0.2, -0.15) is 0 Å². The molecule has 1 N–H and O–H groups in total. The number of rotatable bonds is 1. The highest BCUT2D eigenvalue weighted by molar-refractivity contribution is 6.11. The molecule has 0 aromatic rings. The maximum absolute atomic E-state index is 8.99. The van der Waals surface area contributed by atoms with E-state index in [-0.39, 0.29) is 5.92 Å². The van der Waals surface area contributed by atoms with Gasteiger partial charge in [-0.15, -0.1) is 0 Å². The topological polar surface area (TPSA) is 20.2 Å². The molecular weight excluding hydrogens is 123 g/mol. The van der Waals surface area contributed by atoms with Crippen molar-refractivity contribution in [2.45, 2.75) is 25.8 Å². The summed E-state index contributed by atoms with van der Waals surface area (Å²) in [6.07, 6.45) is 6.33. The highest BCUT2D eigenvalue weighted by Crippen LogP contribution is 2.22. The van der Waals surface area contributed by atoms with Crippen molar-refractivity contribution in [1.29, 1.82) is 0 Å². The quantitative estimate of drug-likeness (QED) is 0.422. The Labute approximate surface area is 63.5 Å². The first-order valence-corrected chi connectivity index (χ1v) is 3.82. The second-order valence-electron chi connectivity index (χ2n) is 3.09. The van der Waals surface area contributed by atoms with Crippen molar-refractivity contribution in [3.8, 4) is 0 Å². The smallest absolute Gasteiger partial charge is 0.109 e. The van der Waals surface area contributed by atoms with E-state index >= 15 is 0 Å². The summed E-state index contributed by atoms with van der Waals surface area (Å²) in [7, 11) is 5.32. The number of aliphatic hydroxyl groups is 1. The van der Waals surface area contributed by atoms with Crippen LogP contribution in [0.1, 0.15) is 19.8 Å². The van der Waals surface area contributed by atoms with Gasteiger partial charge in [-0.3, -0.25) is 0 Å². The molecule has 1 aliphatic rings. The van der Waals surface area contributed by atoms with Crippen molar-refractivity contribution in [3.05, 3.63) is 12.2 Å². The minimum atomic E-state index is -0.663. The first-order chi connectivity index (χ1) is 4.70. The van der Waals surface area contributed by atoms with Gasteiger partial charge in [0.05, 0.1) is 0 Å². The van der Waals surface area contributed by atoms with Crippen LogP contribution in [-0.2, 0) is 0 Å². The maximum atomic E-state index is 8.99. The first kappa shape index (κ1) is 7.87. The second-order valence-corrected chi connectivity index (χ2v) is 3.09. The van der Waals surface area contributed by atoms with Crippen LogP contribution in [0.3, 0.4) is 0 Å². The van der Waals surface area contributed by atoms with Crippen molar-refractivity contribution in [2.24, 2.45) is 11.8 Å². The zero-order valence-corrected chi connectivity index (χ0v) is 6.33. The van der Waals surface area contributed by atoms with Crippen molar-refractivity contribution >= 4 is 7.85 Å². The molecule has 0 fully saturated rings. The lowest BCUT2D eigenvalue weighted by Gasteiger charge is -2.22. The van der Waals surface area contributed by atoms with Crippen molar-refractivity contribution in [3.63, 3.8) is 0 Å². The van der Waals surface area contributed by atoms with E-state index in [1.165, 1.54) is 0 Å². The molecule has 0 heterocycles. The highest BCUT2D eigenvalue weighted by atomic mass is 16.3. The van der Waals surface area contributed by atoms with E-state index in [9.17, 15) is 0 Å². The molecule has 0 aromatic heterocycles. The predicted octanol–water partition coefficient (Wildman–Crippen LogP) is 1.08. The van der Waals surface area contributed by atoms with Gasteiger partial charge in [0.15, 0.2) is 0 Å². The molecule has 10 heavy (non-hydrogen) atoms. The molecule has 2 unspecified atom stereocenters. The molecule has 2 heteroatoms. The van der Waals surface area contributed by atoms with Crippen LogP contribution >= 0.6 is 0 Å². The number of allylic oxidation sites excluding steroid dienone is 1. The number of aliphatic hydroxyl groups excluding tert-OH is 1. The van der Waals surface area contributed by atoms with E-state index in [0.717, 1.165) is 12.8 Å². The Morgan fingerprint density at radius 3 is 2.60 bits per heavy atom. The van der Waals surface area contributed by atoms with E-state index < -0.39 is 6.00 Å². The maximum Gasteiger partial charge on any atom is 0.109 e. The third-order valence-corrected chi connectivity index (χ3v) is 2.08. The Kier molecular flexibility index (Phi) is 2.55. The molecule has 0 amide bonds. The molecule has 0 saturated heterocycles. The van der Waals surface area contributed by atoms with Gasteiger partial charge in [0, 0.05) is 6.00 Å². The van der Waals surface area contributed by atoms with Crippen molar-refractivity contribution < 1.29 is 5.11 Å². The Bertz CT molecular complexity index is 131. The number of hydrogen-bond acceptors (Lipinski definition) is 1. The second kappa shape index (κ2) is 3.24. The average Bonchev–Trinajstić information content (AvgIpc) is 1.88. The summed E-state index contributed by atoms with van der Waals surface area (Å²) >= 11 is 0. The molecule has 2 radical (unpaired) electrons. The van der Waals surface area contributed by atoms with Crippen LogP contribution in [0.2, 0.25) is 0 Å². The Balaban J connectivity index is 2.45. The van der Waals surface area contributed by atoms with Crippen LogP contribution in [0.4, 0.5) is 0 Å². The third-order valence-electron chi connectivity index (χ3n) is 2.08. The Hall–Kier alpha value is -0.235. The van der Waals surface area contributed by atoms with E-state index in [0.29, 0.717) is 5.92 Å². The molecule has 0 spiro atoms. The summed E-state index contributed by atoms with van der Waals surface area (Å²) in [6.45, 7) is 2.18. The standard InChI is InChI=1S/C8H13BO/c1-6-2-4-7(5-3-6)8(9)10/h2,4,6-8,10H,3,5H2,1H3/t6-,7?,8?/m0/s1. The summed E-state index contributed by atoms with van der Waals surface area (Å²) < 4.78 is 0. The summed E-state index contributed by atoms with van der Waals surface area (Å²) in [4.78, 5) is 0. The van der Waals surface area contributed by atoms with Gasteiger partial charge < -0.3 is 5.11 Å². The SMILES string of the molecule is [B]C(O)C1C=C[C@H](C)CC1. The van der Waals surface area contributed by atoms with Gasteiger partial charge in [-0.05, 0) is 24.7 Å². The minimum Gasteiger partial charge on any atom is -0.402 e. The van der Waals surface area contributed by atoms with E-state index in [1.807, 2.05) is 6.08 Å². The minimum absolute atomic E-state index is 0.191. The lowest BCUT2D eigenvalue weighted by molar-refractivity contribution is 0.194. The van der Waals surface area contributed by atoms with Crippen molar-refractivity contribution in [2.75, 3.05) is 0 Å². The average molecular weight is 136 g/mol. The molecule has 0 aromatic carbocycles. The van der Waals surface area contributed by atoms with Gasteiger partial charge in [-0.25, -0.2) is 0 Å². The summed E-state index contributed by atoms with van der Waals surface area (Å²) in [5, 5.41) is 8.99. The fraction of sp³-hybridized carbons (Fsp3) is 0.750.